The van der Waals surface area contributed by atoms with Crippen molar-refractivity contribution in [2.24, 2.45) is 12.0 Å². The number of aliphatic imine (C=N–C) groups is 1. The third-order valence-electron chi connectivity index (χ3n) is 4.31. The number of aromatic nitrogens is 2. The minimum absolute atomic E-state index is 0.145. The molecule has 2 aromatic rings. The van der Waals surface area contributed by atoms with Crippen LogP contribution in [0.1, 0.15) is 23.8 Å². The second-order valence-electron chi connectivity index (χ2n) is 6.48. The van der Waals surface area contributed by atoms with E-state index in [1.54, 1.807) is 29.6 Å². The number of hydrogen-bond acceptors (Lipinski definition) is 4. The van der Waals surface area contributed by atoms with Gasteiger partial charge in [-0.25, -0.2) is 18.8 Å². The fourth-order valence-corrected chi connectivity index (χ4v) is 3.37. The Labute approximate surface area is 172 Å². The van der Waals surface area contributed by atoms with Crippen LogP contribution in [0.15, 0.2) is 75.2 Å². The summed E-state index contributed by atoms with van der Waals surface area (Å²) in [4.78, 5) is 22.8. The quantitative estimate of drug-likeness (QED) is 0.658. The number of benzene rings is 1. The summed E-state index contributed by atoms with van der Waals surface area (Å²) in [5.41, 5.74) is 4.00. The molecular formula is C21H20F2N4OS. The summed E-state index contributed by atoms with van der Waals surface area (Å²) < 4.78 is 28.8. The smallest absolute Gasteiger partial charge is 0.276 e. The Morgan fingerprint density at radius 3 is 2.72 bits per heavy atom. The normalized spacial score (nSPS) is 14.1. The summed E-state index contributed by atoms with van der Waals surface area (Å²) in [6.07, 6.45) is 6.05. The largest absolute Gasteiger partial charge is 0.318 e. The Hall–Kier alpha value is -2.96. The molecule has 1 aromatic carbocycles. The molecule has 0 saturated carbocycles. The summed E-state index contributed by atoms with van der Waals surface area (Å²) in [6, 6.07) is 9.29. The van der Waals surface area contributed by atoms with Crippen molar-refractivity contribution in [3.05, 3.63) is 70.7 Å². The lowest BCUT2D eigenvalue weighted by atomic mass is 10.1. The van der Waals surface area contributed by atoms with E-state index in [-0.39, 0.29) is 11.5 Å². The minimum atomic E-state index is -2.96. The van der Waals surface area contributed by atoms with Crippen LogP contribution >= 0.6 is 11.8 Å². The van der Waals surface area contributed by atoms with E-state index in [9.17, 15) is 13.6 Å². The maximum Gasteiger partial charge on any atom is 0.276 e. The molecule has 0 bridgehead atoms. The molecule has 2 heterocycles. The molecule has 0 saturated heterocycles. The van der Waals surface area contributed by atoms with Crippen LogP contribution in [0.5, 0.6) is 0 Å². The Bertz CT molecular complexity index is 1030. The van der Waals surface area contributed by atoms with Crippen molar-refractivity contribution in [3.63, 3.8) is 0 Å². The molecule has 0 unspecified atom stereocenters. The SMILES string of the molecule is CN(C(=O)c1cnc(SC2=C=CCC=C(C(C)(F)F)C=N2)n1C)c1ccccc1. The highest BCUT2D eigenvalue weighted by atomic mass is 32.2. The summed E-state index contributed by atoms with van der Waals surface area (Å²) in [5, 5.41) is 0.904. The van der Waals surface area contributed by atoms with E-state index >= 15 is 0 Å². The standard InChI is InChI=1S/C21H20F2N4OS/c1-21(22,23)15-9-7-8-12-18(24-13-15)29-20-25-14-17(27(20)3)19(28)26(2)16-10-5-4-6-11-16/h4-6,8-11,13-14H,7H2,1-3H3. The van der Waals surface area contributed by atoms with E-state index < -0.39 is 5.92 Å². The average molecular weight is 414 g/mol. The lowest BCUT2D eigenvalue weighted by molar-refractivity contribution is 0.0704. The third-order valence-corrected chi connectivity index (χ3v) is 5.29. The summed E-state index contributed by atoms with van der Waals surface area (Å²) >= 11 is 1.16. The Morgan fingerprint density at radius 1 is 1.31 bits per heavy atom. The number of halogens is 2. The summed E-state index contributed by atoms with van der Waals surface area (Å²) in [6.45, 7) is 0.840. The zero-order valence-electron chi connectivity index (χ0n) is 16.3. The number of allylic oxidation sites excluding steroid dienone is 3. The number of thioether (sulfide) groups is 1. The number of nitrogens with zero attached hydrogens (tertiary/aromatic N) is 4. The van der Waals surface area contributed by atoms with Gasteiger partial charge in [-0.05, 0) is 36.4 Å². The number of alkyl halides is 2. The van der Waals surface area contributed by atoms with Gasteiger partial charge in [-0.3, -0.25) is 4.79 Å². The van der Waals surface area contributed by atoms with Crippen LogP contribution in [0.4, 0.5) is 14.5 Å². The highest BCUT2D eigenvalue weighted by molar-refractivity contribution is 8.02. The van der Waals surface area contributed by atoms with Gasteiger partial charge < -0.3 is 9.47 Å². The van der Waals surface area contributed by atoms with Gasteiger partial charge >= 0.3 is 0 Å². The Morgan fingerprint density at radius 2 is 2.03 bits per heavy atom. The topological polar surface area (TPSA) is 50.5 Å². The molecule has 150 valence electrons. The zero-order chi connectivity index (χ0) is 21.0. The molecule has 1 aliphatic heterocycles. The highest BCUT2D eigenvalue weighted by Gasteiger charge is 2.26. The van der Waals surface area contributed by atoms with E-state index in [2.05, 4.69) is 15.7 Å². The summed E-state index contributed by atoms with van der Waals surface area (Å²) in [7, 11) is 3.42. The second kappa shape index (κ2) is 8.59. The lowest BCUT2D eigenvalue weighted by Gasteiger charge is -2.17. The molecule has 0 atom stereocenters. The molecule has 1 aromatic heterocycles. The molecule has 0 radical (unpaired) electrons. The van der Waals surface area contributed by atoms with Gasteiger partial charge in [0.25, 0.3) is 11.8 Å². The molecule has 5 nitrogen and oxygen atoms in total. The number of amides is 1. The molecule has 8 heteroatoms. The first-order valence-corrected chi connectivity index (χ1v) is 9.69. The van der Waals surface area contributed by atoms with Crippen LogP contribution in [0.2, 0.25) is 0 Å². The molecule has 0 aliphatic carbocycles. The van der Waals surface area contributed by atoms with Crippen molar-refractivity contribution >= 4 is 29.6 Å². The van der Waals surface area contributed by atoms with Gasteiger partial charge in [0.1, 0.15) is 10.7 Å². The van der Waals surface area contributed by atoms with Gasteiger partial charge in [0.15, 0.2) is 5.16 Å². The molecule has 0 fully saturated rings. The van der Waals surface area contributed by atoms with E-state index in [1.165, 1.54) is 12.3 Å². The van der Waals surface area contributed by atoms with E-state index in [1.807, 2.05) is 30.3 Å². The molecule has 0 N–H and O–H groups in total. The molecule has 0 spiro atoms. The van der Waals surface area contributed by atoms with Crippen LogP contribution in [-0.4, -0.2) is 34.6 Å². The van der Waals surface area contributed by atoms with Crippen LogP contribution in [0.25, 0.3) is 0 Å². The van der Waals surface area contributed by atoms with Crippen LogP contribution in [0.3, 0.4) is 0 Å². The predicted octanol–water partition coefficient (Wildman–Crippen LogP) is 4.84. The monoisotopic (exact) mass is 414 g/mol. The second-order valence-corrected chi connectivity index (χ2v) is 7.44. The Balaban J connectivity index is 1.79. The molecule has 1 amide bonds. The van der Waals surface area contributed by atoms with Crippen LogP contribution in [-0.2, 0) is 7.05 Å². The summed E-state index contributed by atoms with van der Waals surface area (Å²) in [5.74, 6) is -3.17. The van der Waals surface area contributed by atoms with E-state index in [4.69, 9.17) is 0 Å². The third kappa shape index (κ3) is 4.91. The predicted molar refractivity (Wildman–Crippen MR) is 112 cm³/mol. The fourth-order valence-electron chi connectivity index (χ4n) is 2.61. The number of hydrogen-bond donors (Lipinski definition) is 0. The molecule has 3 rings (SSSR count). The van der Waals surface area contributed by atoms with Crippen molar-refractivity contribution in [1.29, 1.82) is 0 Å². The molecular weight excluding hydrogens is 394 g/mol. The first-order valence-electron chi connectivity index (χ1n) is 8.87. The number of anilines is 1. The van der Waals surface area contributed by atoms with Gasteiger partial charge in [-0.2, -0.15) is 0 Å². The van der Waals surface area contributed by atoms with Crippen molar-refractivity contribution < 1.29 is 13.6 Å². The first kappa shape index (κ1) is 20.8. The van der Waals surface area contributed by atoms with Gasteiger partial charge in [0, 0.05) is 38.5 Å². The number of para-hydroxylation sites is 1. The number of rotatable bonds is 5. The van der Waals surface area contributed by atoms with Crippen molar-refractivity contribution in [1.82, 2.24) is 9.55 Å². The first-order chi connectivity index (χ1) is 13.8. The average Bonchev–Trinajstić information content (AvgIpc) is 3.02. The number of carbonyl (C=O) groups excluding carboxylic acids is 1. The maximum absolute atomic E-state index is 13.6. The van der Waals surface area contributed by atoms with Crippen LogP contribution < -0.4 is 4.90 Å². The van der Waals surface area contributed by atoms with E-state index in [0.717, 1.165) is 30.6 Å². The van der Waals surface area contributed by atoms with Crippen molar-refractivity contribution in [3.8, 4) is 0 Å². The zero-order valence-corrected chi connectivity index (χ0v) is 17.1. The van der Waals surface area contributed by atoms with Crippen molar-refractivity contribution in [2.75, 3.05) is 11.9 Å². The van der Waals surface area contributed by atoms with Gasteiger partial charge in [-0.1, -0.05) is 30.0 Å². The fraction of sp³-hybridized carbons (Fsp3) is 0.238. The lowest BCUT2D eigenvalue weighted by Crippen LogP contribution is -2.28. The van der Waals surface area contributed by atoms with Gasteiger partial charge in [0.05, 0.1) is 6.20 Å². The Kier molecular flexibility index (Phi) is 6.15. The van der Waals surface area contributed by atoms with E-state index in [0.29, 0.717) is 22.3 Å². The molecule has 29 heavy (non-hydrogen) atoms. The number of imidazole rings is 1. The number of carbonyl (C=O) groups is 1. The van der Waals surface area contributed by atoms with Crippen LogP contribution in [0, 0.1) is 0 Å². The van der Waals surface area contributed by atoms with Gasteiger partial charge in [0.2, 0.25) is 0 Å². The highest BCUT2D eigenvalue weighted by Crippen LogP contribution is 2.29. The maximum atomic E-state index is 13.6. The molecule has 1 aliphatic rings. The van der Waals surface area contributed by atoms with Crippen molar-refractivity contribution in [2.45, 2.75) is 24.4 Å². The van der Waals surface area contributed by atoms with Gasteiger partial charge in [-0.15, -0.1) is 0 Å². The minimum Gasteiger partial charge on any atom is -0.318 e.